The zero-order valence-corrected chi connectivity index (χ0v) is 17.0. The van der Waals surface area contributed by atoms with Crippen molar-refractivity contribution in [2.45, 2.75) is 83.1 Å². The molecule has 0 radical (unpaired) electrons. The quantitative estimate of drug-likeness (QED) is 0.550. The van der Waals surface area contributed by atoms with Crippen molar-refractivity contribution in [3.05, 3.63) is 11.1 Å². The number of fused-ring (bicyclic) bond motifs is 6. The Morgan fingerprint density at radius 3 is 2.41 bits per heavy atom. The maximum absolute atomic E-state index is 12.2. The van der Waals surface area contributed by atoms with E-state index in [1.54, 1.807) is 7.11 Å². The molecular weight excluding hydrogens is 348 g/mol. The summed E-state index contributed by atoms with van der Waals surface area (Å²) in [5, 5.41) is 44.3. The maximum Gasteiger partial charge on any atom is 0.201 e. The first-order chi connectivity index (χ1) is 12.5. The summed E-state index contributed by atoms with van der Waals surface area (Å²) >= 11 is 0. The minimum absolute atomic E-state index is 0.0509. The monoisotopic (exact) mass is 382 g/mol. The van der Waals surface area contributed by atoms with Gasteiger partial charge in [0.1, 0.15) is 6.10 Å². The third-order valence-corrected chi connectivity index (χ3v) is 8.40. The van der Waals surface area contributed by atoms with Crippen molar-refractivity contribution in [3.8, 4) is 0 Å². The second-order valence-corrected chi connectivity index (χ2v) is 10.0. The molecule has 3 fully saturated rings. The van der Waals surface area contributed by atoms with E-state index in [2.05, 4.69) is 20.8 Å². The van der Waals surface area contributed by atoms with Gasteiger partial charge in [0.05, 0.1) is 29.8 Å². The van der Waals surface area contributed by atoms with Crippen LogP contribution >= 0.6 is 0 Å². The van der Waals surface area contributed by atoms with E-state index in [0.717, 1.165) is 24.0 Å². The van der Waals surface area contributed by atoms with Crippen molar-refractivity contribution >= 4 is 0 Å². The van der Waals surface area contributed by atoms with Crippen LogP contribution in [0.5, 0.6) is 0 Å². The van der Waals surface area contributed by atoms with E-state index in [1.807, 2.05) is 6.92 Å². The highest BCUT2D eigenvalue weighted by atomic mass is 16.7. The molecule has 2 saturated heterocycles. The minimum atomic E-state index is -1.88. The average Bonchev–Trinajstić information content (AvgIpc) is 3.03. The molecule has 1 saturated carbocycles. The number of rotatable bonds is 3. The summed E-state index contributed by atoms with van der Waals surface area (Å²) in [4.78, 5) is 0. The van der Waals surface area contributed by atoms with Gasteiger partial charge in [-0.25, -0.2) is 0 Å². The molecule has 4 rings (SSSR count). The van der Waals surface area contributed by atoms with E-state index >= 15 is 0 Å². The van der Waals surface area contributed by atoms with Gasteiger partial charge in [-0.15, -0.1) is 0 Å². The van der Waals surface area contributed by atoms with Crippen LogP contribution in [-0.4, -0.2) is 63.8 Å². The molecule has 0 amide bonds. The fourth-order valence-corrected chi connectivity index (χ4v) is 6.82. The highest BCUT2D eigenvalue weighted by Crippen LogP contribution is 2.70. The van der Waals surface area contributed by atoms with Crippen LogP contribution in [0.3, 0.4) is 0 Å². The SMILES string of the molecule is COC1CC2(C)CCC3(C)C(O)(CC4OC3(O)C(O)C4CO)C2=C1C(C)C. The Balaban J connectivity index is 1.95. The van der Waals surface area contributed by atoms with Gasteiger partial charge in [-0.3, -0.25) is 0 Å². The molecule has 0 spiro atoms. The first-order valence-electron chi connectivity index (χ1n) is 10.2. The van der Waals surface area contributed by atoms with Crippen LogP contribution in [0.2, 0.25) is 0 Å². The molecule has 4 N–H and O–H groups in total. The molecule has 2 heterocycles. The van der Waals surface area contributed by atoms with Crippen molar-refractivity contribution in [2.75, 3.05) is 13.7 Å². The zero-order chi connectivity index (χ0) is 20.0. The van der Waals surface area contributed by atoms with E-state index in [9.17, 15) is 20.4 Å². The Bertz CT molecular complexity index is 676. The van der Waals surface area contributed by atoms with E-state index < -0.39 is 34.9 Å². The normalized spacial score (nSPS) is 54.4. The van der Waals surface area contributed by atoms with Gasteiger partial charge in [-0.1, -0.05) is 27.7 Å². The predicted molar refractivity (Wildman–Crippen MR) is 98.7 cm³/mol. The Labute approximate surface area is 161 Å². The highest BCUT2D eigenvalue weighted by molar-refractivity contribution is 5.45. The van der Waals surface area contributed by atoms with Gasteiger partial charge in [-0.2, -0.15) is 0 Å². The molecule has 2 bridgehead atoms. The van der Waals surface area contributed by atoms with Crippen LogP contribution in [0.4, 0.5) is 0 Å². The maximum atomic E-state index is 12.2. The van der Waals surface area contributed by atoms with Gasteiger partial charge in [0.25, 0.3) is 0 Å². The molecular formula is C21H34O6. The predicted octanol–water partition coefficient (Wildman–Crippen LogP) is 1.36. The summed E-state index contributed by atoms with van der Waals surface area (Å²) < 4.78 is 11.7. The van der Waals surface area contributed by atoms with Crippen LogP contribution in [-0.2, 0) is 9.47 Å². The molecule has 8 atom stereocenters. The fourth-order valence-electron chi connectivity index (χ4n) is 6.82. The molecule has 2 aliphatic carbocycles. The van der Waals surface area contributed by atoms with E-state index in [1.165, 1.54) is 0 Å². The van der Waals surface area contributed by atoms with Crippen molar-refractivity contribution in [2.24, 2.45) is 22.7 Å². The summed E-state index contributed by atoms with van der Waals surface area (Å²) in [7, 11) is 1.71. The van der Waals surface area contributed by atoms with Gasteiger partial charge in [-0.05, 0) is 41.7 Å². The Morgan fingerprint density at radius 2 is 1.85 bits per heavy atom. The molecule has 0 aromatic heterocycles. The molecule has 6 nitrogen and oxygen atoms in total. The smallest absolute Gasteiger partial charge is 0.201 e. The first kappa shape index (κ1) is 19.8. The van der Waals surface area contributed by atoms with Gasteiger partial charge in [0, 0.05) is 19.4 Å². The van der Waals surface area contributed by atoms with Crippen LogP contribution < -0.4 is 0 Å². The van der Waals surface area contributed by atoms with Gasteiger partial charge in [0.15, 0.2) is 0 Å². The first-order valence-corrected chi connectivity index (χ1v) is 10.2. The van der Waals surface area contributed by atoms with E-state index in [-0.39, 0.29) is 30.5 Å². The molecule has 154 valence electrons. The van der Waals surface area contributed by atoms with E-state index in [0.29, 0.717) is 6.42 Å². The summed E-state index contributed by atoms with van der Waals surface area (Å²) in [5.74, 6) is -2.28. The largest absolute Gasteiger partial charge is 0.396 e. The number of aliphatic hydroxyl groups is 4. The summed E-state index contributed by atoms with van der Waals surface area (Å²) in [6, 6.07) is 0. The number of ether oxygens (including phenoxy) is 2. The Kier molecular flexibility index (Phi) is 4.23. The third-order valence-electron chi connectivity index (χ3n) is 8.40. The summed E-state index contributed by atoms with van der Waals surface area (Å²) in [6.45, 7) is 7.96. The lowest BCUT2D eigenvalue weighted by atomic mass is 9.49. The fraction of sp³-hybridized carbons (Fsp3) is 0.905. The van der Waals surface area contributed by atoms with Crippen LogP contribution in [0.15, 0.2) is 11.1 Å². The second-order valence-electron chi connectivity index (χ2n) is 10.0. The van der Waals surface area contributed by atoms with Gasteiger partial charge >= 0.3 is 0 Å². The summed E-state index contributed by atoms with van der Waals surface area (Å²) in [5.41, 5.74) is -0.481. The van der Waals surface area contributed by atoms with Crippen LogP contribution in [0.1, 0.15) is 53.4 Å². The number of aliphatic hydroxyl groups excluding tert-OH is 2. The Hall–Kier alpha value is -0.500. The van der Waals surface area contributed by atoms with Crippen LogP contribution in [0, 0.1) is 22.7 Å². The van der Waals surface area contributed by atoms with E-state index in [4.69, 9.17) is 9.47 Å². The zero-order valence-electron chi connectivity index (χ0n) is 17.0. The van der Waals surface area contributed by atoms with Crippen molar-refractivity contribution in [1.29, 1.82) is 0 Å². The summed E-state index contributed by atoms with van der Waals surface area (Å²) in [6.07, 6.45) is 0.543. The Morgan fingerprint density at radius 1 is 1.19 bits per heavy atom. The van der Waals surface area contributed by atoms with Crippen molar-refractivity contribution < 1.29 is 29.9 Å². The lowest BCUT2D eigenvalue weighted by molar-refractivity contribution is -0.359. The van der Waals surface area contributed by atoms with Crippen molar-refractivity contribution in [1.82, 2.24) is 0 Å². The van der Waals surface area contributed by atoms with Gasteiger partial charge in [0.2, 0.25) is 5.79 Å². The van der Waals surface area contributed by atoms with Crippen molar-refractivity contribution in [3.63, 3.8) is 0 Å². The number of methoxy groups -OCH3 is 1. The molecule has 6 heteroatoms. The molecule has 8 unspecified atom stereocenters. The lowest BCUT2D eigenvalue weighted by Crippen LogP contribution is -2.70. The second kappa shape index (κ2) is 5.77. The third kappa shape index (κ3) is 2.12. The molecule has 0 aromatic carbocycles. The molecule has 4 aliphatic rings. The van der Waals surface area contributed by atoms with Crippen LogP contribution in [0.25, 0.3) is 0 Å². The topological polar surface area (TPSA) is 99.4 Å². The highest BCUT2D eigenvalue weighted by Gasteiger charge is 2.77. The van der Waals surface area contributed by atoms with Gasteiger partial charge < -0.3 is 29.9 Å². The lowest BCUT2D eigenvalue weighted by Gasteiger charge is -2.62. The molecule has 27 heavy (non-hydrogen) atoms. The number of hydrogen-bond donors (Lipinski definition) is 4. The number of hydrogen-bond acceptors (Lipinski definition) is 6. The molecule has 0 aromatic rings. The minimum Gasteiger partial charge on any atom is -0.396 e. The average molecular weight is 382 g/mol. The standard InChI is InChI=1S/C21H34O6/c1-11(2)15-14(26-5)8-18(3)6-7-19(4)20(24,16(15)18)9-13-12(10-22)17(23)21(19,25)27-13/h11-14,17,22-25H,6-10H2,1-5H3. The molecule has 2 aliphatic heterocycles.